The van der Waals surface area contributed by atoms with Crippen molar-refractivity contribution in [3.8, 4) is 0 Å². The highest BCUT2D eigenvalue weighted by Gasteiger charge is 2.12. The summed E-state index contributed by atoms with van der Waals surface area (Å²) in [6.07, 6.45) is 3.67. The van der Waals surface area contributed by atoms with Crippen LogP contribution in [0.25, 0.3) is 0 Å². The molecule has 11 heavy (non-hydrogen) atoms. The first-order valence-corrected chi connectivity index (χ1v) is 4.48. The fraction of sp³-hybridized carbons (Fsp3) is 0.778. The van der Waals surface area contributed by atoms with Crippen LogP contribution in [0, 0.1) is 0 Å². The summed E-state index contributed by atoms with van der Waals surface area (Å²) >= 11 is 0. The fourth-order valence-electron chi connectivity index (χ4n) is 1.32. The standard InChI is InChI=1S/C9H18N2/c1-3-8(2)11-7-9-5-4-6-10-9/h9-11H,2-7H2,1H3/t9-/m0/s1. The van der Waals surface area contributed by atoms with E-state index in [-0.39, 0.29) is 0 Å². The molecule has 1 saturated heterocycles. The average molecular weight is 154 g/mol. The Morgan fingerprint density at radius 3 is 3.09 bits per heavy atom. The van der Waals surface area contributed by atoms with Crippen LogP contribution in [0.3, 0.4) is 0 Å². The van der Waals surface area contributed by atoms with Crippen LogP contribution in [-0.2, 0) is 0 Å². The van der Waals surface area contributed by atoms with Gasteiger partial charge in [0.05, 0.1) is 0 Å². The molecule has 0 bridgehead atoms. The lowest BCUT2D eigenvalue weighted by atomic mass is 10.2. The maximum atomic E-state index is 3.90. The Morgan fingerprint density at radius 2 is 2.55 bits per heavy atom. The molecule has 64 valence electrons. The molecule has 0 saturated carbocycles. The molecule has 2 N–H and O–H groups in total. The van der Waals surface area contributed by atoms with E-state index < -0.39 is 0 Å². The largest absolute Gasteiger partial charge is 0.387 e. The molecule has 1 aliphatic rings. The van der Waals surface area contributed by atoms with E-state index in [1.807, 2.05) is 0 Å². The summed E-state index contributed by atoms with van der Waals surface area (Å²) in [5, 5.41) is 6.75. The third kappa shape index (κ3) is 2.93. The van der Waals surface area contributed by atoms with Gasteiger partial charge in [0.2, 0.25) is 0 Å². The van der Waals surface area contributed by atoms with E-state index in [4.69, 9.17) is 0 Å². The van der Waals surface area contributed by atoms with Crippen LogP contribution in [0.2, 0.25) is 0 Å². The third-order valence-corrected chi connectivity index (χ3v) is 2.19. The molecule has 0 aromatic carbocycles. The van der Waals surface area contributed by atoms with Gasteiger partial charge in [0.15, 0.2) is 0 Å². The molecule has 0 amide bonds. The molecule has 0 radical (unpaired) electrons. The number of rotatable bonds is 4. The van der Waals surface area contributed by atoms with Gasteiger partial charge in [0.25, 0.3) is 0 Å². The third-order valence-electron chi connectivity index (χ3n) is 2.19. The molecule has 0 aromatic heterocycles. The van der Waals surface area contributed by atoms with Gasteiger partial charge in [-0.2, -0.15) is 0 Å². The van der Waals surface area contributed by atoms with E-state index in [1.165, 1.54) is 19.4 Å². The lowest BCUT2D eigenvalue weighted by Gasteiger charge is -2.12. The number of hydrogen-bond acceptors (Lipinski definition) is 2. The van der Waals surface area contributed by atoms with Crippen molar-refractivity contribution in [2.45, 2.75) is 32.2 Å². The van der Waals surface area contributed by atoms with Crippen LogP contribution >= 0.6 is 0 Å². The van der Waals surface area contributed by atoms with Crippen molar-refractivity contribution in [2.24, 2.45) is 0 Å². The van der Waals surface area contributed by atoms with Gasteiger partial charge in [-0.05, 0) is 25.8 Å². The molecule has 1 atom stereocenters. The first-order valence-electron chi connectivity index (χ1n) is 4.48. The van der Waals surface area contributed by atoms with Crippen LogP contribution in [0.5, 0.6) is 0 Å². The maximum Gasteiger partial charge on any atom is 0.0297 e. The van der Waals surface area contributed by atoms with E-state index in [2.05, 4.69) is 24.1 Å². The summed E-state index contributed by atoms with van der Waals surface area (Å²) in [5.41, 5.74) is 1.15. The normalized spacial score (nSPS) is 23.5. The molecule has 1 fully saturated rings. The van der Waals surface area contributed by atoms with E-state index >= 15 is 0 Å². The van der Waals surface area contributed by atoms with Crippen LogP contribution < -0.4 is 10.6 Å². The van der Waals surface area contributed by atoms with Crippen molar-refractivity contribution in [1.29, 1.82) is 0 Å². The van der Waals surface area contributed by atoms with Gasteiger partial charge in [0.1, 0.15) is 0 Å². The summed E-state index contributed by atoms with van der Waals surface area (Å²) in [6.45, 7) is 8.25. The minimum Gasteiger partial charge on any atom is -0.387 e. The lowest BCUT2D eigenvalue weighted by molar-refractivity contribution is 0.564. The number of allylic oxidation sites excluding steroid dienone is 1. The zero-order valence-corrected chi connectivity index (χ0v) is 7.32. The van der Waals surface area contributed by atoms with Crippen LogP contribution in [0.1, 0.15) is 26.2 Å². The first-order chi connectivity index (χ1) is 5.33. The Kier molecular flexibility index (Phi) is 3.43. The highest BCUT2D eigenvalue weighted by atomic mass is 15.0. The Balaban J connectivity index is 2.06. The van der Waals surface area contributed by atoms with Gasteiger partial charge in [-0.3, -0.25) is 0 Å². The van der Waals surface area contributed by atoms with Crippen molar-refractivity contribution in [3.63, 3.8) is 0 Å². The van der Waals surface area contributed by atoms with E-state index in [0.717, 1.165) is 18.7 Å². The van der Waals surface area contributed by atoms with Crippen molar-refractivity contribution in [2.75, 3.05) is 13.1 Å². The molecular weight excluding hydrogens is 136 g/mol. The van der Waals surface area contributed by atoms with E-state index in [1.54, 1.807) is 0 Å². The van der Waals surface area contributed by atoms with Crippen LogP contribution in [0.15, 0.2) is 12.3 Å². The molecule has 0 aromatic rings. The second-order valence-corrected chi connectivity index (χ2v) is 3.13. The van der Waals surface area contributed by atoms with Gasteiger partial charge in [0, 0.05) is 18.3 Å². The van der Waals surface area contributed by atoms with Crippen LogP contribution in [0.4, 0.5) is 0 Å². The minimum atomic E-state index is 0.679. The Bertz CT molecular complexity index is 126. The zero-order chi connectivity index (χ0) is 8.10. The van der Waals surface area contributed by atoms with Crippen molar-refractivity contribution in [3.05, 3.63) is 12.3 Å². The molecule has 0 unspecified atom stereocenters. The second kappa shape index (κ2) is 4.39. The molecule has 1 aliphatic heterocycles. The van der Waals surface area contributed by atoms with E-state index in [0.29, 0.717) is 6.04 Å². The molecule has 2 heteroatoms. The predicted molar refractivity (Wildman–Crippen MR) is 48.5 cm³/mol. The minimum absolute atomic E-state index is 0.679. The first kappa shape index (κ1) is 8.60. The van der Waals surface area contributed by atoms with Gasteiger partial charge in [-0.1, -0.05) is 13.5 Å². The fourth-order valence-corrected chi connectivity index (χ4v) is 1.32. The molecular formula is C9H18N2. The van der Waals surface area contributed by atoms with Crippen molar-refractivity contribution in [1.82, 2.24) is 10.6 Å². The van der Waals surface area contributed by atoms with Gasteiger partial charge in [-0.15, -0.1) is 0 Å². The SMILES string of the molecule is C=C(CC)NC[C@@H]1CCCN1. The smallest absolute Gasteiger partial charge is 0.0297 e. The molecule has 2 nitrogen and oxygen atoms in total. The van der Waals surface area contributed by atoms with Crippen molar-refractivity contribution < 1.29 is 0 Å². The summed E-state index contributed by atoms with van der Waals surface area (Å²) in [4.78, 5) is 0. The average Bonchev–Trinajstić information content (AvgIpc) is 2.52. The highest BCUT2D eigenvalue weighted by Crippen LogP contribution is 2.03. The lowest BCUT2D eigenvalue weighted by Crippen LogP contribution is -2.33. The molecule has 0 aliphatic carbocycles. The zero-order valence-electron chi connectivity index (χ0n) is 7.32. The Labute approximate surface area is 69.1 Å². The summed E-state index contributed by atoms with van der Waals surface area (Å²) in [5.74, 6) is 0. The topological polar surface area (TPSA) is 24.1 Å². The summed E-state index contributed by atoms with van der Waals surface area (Å²) < 4.78 is 0. The van der Waals surface area contributed by atoms with E-state index in [9.17, 15) is 0 Å². The highest BCUT2D eigenvalue weighted by molar-refractivity contribution is 4.91. The van der Waals surface area contributed by atoms with Gasteiger partial charge >= 0.3 is 0 Å². The Hall–Kier alpha value is -0.500. The summed E-state index contributed by atoms with van der Waals surface area (Å²) in [6, 6.07) is 0.679. The number of hydrogen-bond donors (Lipinski definition) is 2. The molecule has 0 spiro atoms. The van der Waals surface area contributed by atoms with Gasteiger partial charge in [-0.25, -0.2) is 0 Å². The van der Waals surface area contributed by atoms with Gasteiger partial charge < -0.3 is 10.6 Å². The predicted octanol–water partition coefficient (Wildman–Crippen LogP) is 1.25. The monoisotopic (exact) mass is 154 g/mol. The Morgan fingerprint density at radius 1 is 1.73 bits per heavy atom. The maximum absolute atomic E-state index is 3.90. The molecule has 1 heterocycles. The summed E-state index contributed by atoms with van der Waals surface area (Å²) in [7, 11) is 0. The quantitative estimate of drug-likeness (QED) is 0.637. The van der Waals surface area contributed by atoms with Crippen LogP contribution in [-0.4, -0.2) is 19.1 Å². The molecule has 1 rings (SSSR count). The number of nitrogens with one attached hydrogen (secondary N) is 2. The second-order valence-electron chi connectivity index (χ2n) is 3.13. The van der Waals surface area contributed by atoms with Crippen molar-refractivity contribution >= 4 is 0 Å².